The minimum atomic E-state index is -0.244. The van der Waals surface area contributed by atoms with Gasteiger partial charge in [-0.1, -0.05) is 12.1 Å². The molecule has 0 atom stereocenters. The van der Waals surface area contributed by atoms with Gasteiger partial charge in [0, 0.05) is 11.6 Å². The van der Waals surface area contributed by atoms with E-state index in [2.05, 4.69) is 15.0 Å². The van der Waals surface area contributed by atoms with Crippen molar-refractivity contribution < 1.29 is 0 Å². The number of nitrogens with zero attached hydrogens (tertiary/aromatic N) is 3. The smallest absolute Gasteiger partial charge is 0.266 e. The molecule has 19 heavy (non-hydrogen) atoms. The Hall–Kier alpha value is -2.40. The van der Waals surface area contributed by atoms with E-state index in [1.165, 1.54) is 11.3 Å². The predicted molar refractivity (Wildman–Crippen MR) is 76.5 cm³/mol. The van der Waals surface area contributed by atoms with Crippen molar-refractivity contribution >= 4 is 42.8 Å². The zero-order valence-electron chi connectivity index (χ0n) is 9.70. The van der Waals surface area contributed by atoms with Crippen LogP contribution in [0.1, 0.15) is 0 Å². The van der Waals surface area contributed by atoms with Crippen LogP contribution in [0.4, 0.5) is 0 Å². The molecule has 1 aromatic carbocycles. The Bertz CT molecular complexity index is 994. The molecule has 0 fully saturated rings. The molecule has 3 aromatic heterocycles. The second-order valence-corrected chi connectivity index (χ2v) is 5.15. The summed E-state index contributed by atoms with van der Waals surface area (Å²) in [6.07, 6.45) is 1.72. The minimum Gasteiger partial charge on any atom is -0.266 e. The van der Waals surface area contributed by atoms with E-state index in [0.717, 1.165) is 15.7 Å². The molecule has 3 heterocycles. The van der Waals surface area contributed by atoms with Crippen molar-refractivity contribution in [2.24, 2.45) is 0 Å². The van der Waals surface area contributed by atoms with Gasteiger partial charge in [0.05, 0.1) is 16.6 Å². The third kappa shape index (κ3) is 1.52. The predicted octanol–water partition coefficient (Wildman–Crippen LogP) is 2.75. The van der Waals surface area contributed by atoms with Crippen LogP contribution < -0.4 is 5.56 Å². The van der Waals surface area contributed by atoms with Gasteiger partial charge in [0.1, 0.15) is 9.53 Å². The summed E-state index contributed by atoms with van der Waals surface area (Å²) in [5, 5.41) is 0.905. The van der Waals surface area contributed by atoms with Crippen molar-refractivity contribution in [1.29, 1.82) is 0 Å². The maximum Gasteiger partial charge on any atom is 0.289 e. The van der Waals surface area contributed by atoms with Gasteiger partial charge in [-0.05, 0) is 24.3 Å². The first kappa shape index (κ1) is 10.5. The van der Waals surface area contributed by atoms with E-state index in [1.54, 1.807) is 12.3 Å². The number of para-hydroxylation sites is 2. The number of fused-ring (bicyclic) bond motifs is 4. The number of aromatic nitrogens is 3. The quantitative estimate of drug-likeness (QED) is 0.490. The van der Waals surface area contributed by atoms with E-state index in [9.17, 15) is 4.79 Å². The van der Waals surface area contributed by atoms with Crippen molar-refractivity contribution in [2.75, 3.05) is 0 Å². The first-order valence-corrected chi connectivity index (χ1v) is 6.59. The topological polar surface area (TPSA) is 55.7 Å². The first-order chi connectivity index (χ1) is 9.33. The molecule has 0 radical (unpaired) electrons. The Morgan fingerprint density at radius 1 is 0.947 bits per heavy atom. The van der Waals surface area contributed by atoms with Gasteiger partial charge in [-0.3, -0.25) is 4.79 Å². The van der Waals surface area contributed by atoms with Crippen LogP contribution in [0.3, 0.4) is 0 Å². The molecule has 0 aliphatic heterocycles. The summed E-state index contributed by atoms with van der Waals surface area (Å²) < 4.78 is 0.560. The van der Waals surface area contributed by atoms with Crippen molar-refractivity contribution in [2.45, 2.75) is 0 Å². The molecule has 0 saturated carbocycles. The Balaban J connectivity index is 2.37. The Labute approximate surface area is 111 Å². The Morgan fingerprint density at radius 2 is 1.74 bits per heavy atom. The first-order valence-electron chi connectivity index (χ1n) is 5.77. The lowest BCUT2D eigenvalue weighted by Gasteiger charge is -1.89. The third-order valence-corrected chi connectivity index (χ3v) is 4.06. The lowest BCUT2D eigenvalue weighted by molar-refractivity contribution is 1.36. The van der Waals surface area contributed by atoms with Crippen LogP contribution in [0.2, 0.25) is 0 Å². The molecule has 4 aromatic rings. The maximum atomic E-state index is 12.2. The van der Waals surface area contributed by atoms with Gasteiger partial charge >= 0.3 is 0 Å². The largest absolute Gasteiger partial charge is 0.289 e. The van der Waals surface area contributed by atoms with E-state index < -0.39 is 0 Å². The van der Waals surface area contributed by atoms with Crippen LogP contribution in [-0.4, -0.2) is 15.0 Å². The summed E-state index contributed by atoms with van der Waals surface area (Å²) in [5.74, 6) is 0. The van der Waals surface area contributed by atoms with Gasteiger partial charge in [-0.2, -0.15) is 0 Å². The molecule has 0 amide bonds. The summed E-state index contributed by atoms with van der Waals surface area (Å²) in [7, 11) is 0. The second-order valence-electron chi connectivity index (χ2n) is 4.15. The average Bonchev–Trinajstić information content (AvgIpc) is 2.73. The Morgan fingerprint density at radius 3 is 2.58 bits per heavy atom. The highest BCUT2D eigenvalue weighted by Crippen LogP contribution is 2.28. The highest BCUT2D eigenvalue weighted by molar-refractivity contribution is 7.25. The molecule has 0 aliphatic carbocycles. The molecule has 4 nitrogen and oxygen atoms in total. The molecular formula is C14H7N3OS. The normalized spacial score (nSPS) is 11.4. The molecular weight excluding hydrogens is 258 g/mol. The fourth-order valence-corrected chi connectivity index (χ4v) is 3.08. The molecule has 4 rings (SSSR count). The van der Waals surface area contributed by atoms with Crippen molar-refractivity contribution in [3.63, 3.8) is 0 Å². The number of rotatable bonds is 0. The second kappa shape index (κ2) is 3.80. The number of hydrogen-bond donors (Lipinski definition) is 0. The van der Waals surface area contributed by atoms with Crippen LogP contribution in [0.25, 0.3) is 31.5 Å². The van der Waals surface area contributed by atoms with Crippen LogP contribution in [0.5, 0.6) is 0 Å². The molecule has 0 spiro atoms. The molecule has 0 bridgehead atoms. The van der Waals surface area contributed by atoms with Gasteiger partial charge in [0.2, 0.25) is 0 Å². The van der Waals surface area contributed by atoms with Crippen LogP contribution in [0, 0.1) is 0 Å². The van der Waals surface area contributed by atoms with E-state index >= 15 is 0 Å². The standard InChI is InChI=1S/C14H7N3OS/c18-13-12-11(8-4-3-7-15-14(8)19-12)16-9-5-1-2-6-10(9)17-13/h1-7H. The zero-order valence-corrected chi connectivity index (χ0v) is 10.5. The Kier molecular flexibility index (Phi) is 2.10. The van der Waals surface area contributed by atoms with Crippen molar-refractivity contribution in [3.8, 4) is 0 Å². The van der Waals surface area contributed by atoms with Gasteiger partial charge in [0.15, 0.2) is 0 Å². The average molecular weight is 265 g/mol. The number of pyridine rings is 1. The highest BCUT2D eigenvalue weighted by Gasteiger charge is 2.10. The zero-order chi connectivity index (χ0) is 12.8. The minimum absolute atomic E-state index is 0.244. The lowest BCUT2D eigenvalue weighted by Crippen LogP contribution is -1.99. The highest BCUT2D eigenvalue weighted by atomic mass is 32.1. The molecule has 0 unspecified atom stereocenters. The van der Waals surface area contributed by atoms with E-state index in [-0.39, 0.29) is 5.56 Å². The van der Waals surface area contributed by atoms with Crippen molar-refractivity contribution in [1.82, 2.24) is 15.0 Å². The van der Waals surface area contributed by atoms with Crippen molar-refractivity contribution in [3.05, 3.63) is 52.9 Å². The van der Waals surface area contributed by atoms with Gasteiger partial charge in [-0.15, -0.1) is 11.3 Å². The summed E-state index contributed by atoms with van der Waals surface area (Å²) >= 11 is 1.34. The van der Waals surface area contributed by atoms with Gasteiger partial charge in [-0.25, -0.2) is 15.0 Å². The SMILES string of the molecule is O=c1nc2ccccc2nc2c1sc1ncccc12. The lowest BCUT2D eigenvalue weighted by atomic mass is 10.3. The molecule has 0 aliphatic rings. The molecule has 0 saturated heterocycles. The van der Waals surface area contributed by atoms with E-state index in [1.807, 2.05) is 30.3 Å². The van der Waals surface area contributed by atoms with Crippen LogP contribution in [0.15, 0.2) is 47.4 Å². The summed E-state index contributed by atoms with van der Waals surface area (Å²) in [5.41, 5.74) is 1.78. The summed E-state index contributed by atoms with van der Waals surface area (Å²) in [4.78, 5) is 26.0. The van der Waals surface area contributed by atoms with E-state index in [0.29, 0.717) is 15.7 Å². The molecule has 5 heteroatoms. The van der Waals surface area contributed by atoms with Crippen LogP contribution >= 0.6 is 11.3 Å². The molecule has 0 N–H and O–H groups in total. The monoisotopic (exact) mass is 265 g/mol. The fourth-order valence-electron chi connectivity index (χ4n) is 2.11. The number of thiophene rings is 1. The number of benzene rings is 1. The van der Waals surface area contributed by atoms with Crippen LogP contribution in [-0.2, 0) is 0 Å². The van der Waals surface area contributed by atoms with Gasteiger partial charge in [0.25, 0.3) is 5.56 Å². The maximum absolute atomic E-state index is 12.2. The summed E-state index contributed by atoms with van der Waals surface area (Å²) in [6, 6.07) is 11.2. The van der Waals surface area contributed by atoms with E-state index in [4.69, 9.17) is 0 Å². The summed E-state index contributed by atoms with van der Waals surface area (Å²) in [6.45, 7) is 0. The number of hydrogen-bond acceptors (Lipinski definition) is 5. The van der Waals surface area contributed by atoms with Gasteiger partial charge < -0.3 is 0 Å². The third-order valence-electron chi connectivity index (χ3n) is 2.97. The molecule has 90 valence electrons. The fraction of sp³-hybridized carbons (Fsp3) is 0.